The molecule has 0 spiro atoms. The van der Waals surface area contributed by atoms with E-state index in [2.05, 4.69) is 12.2 Å². The minimum Gasteiger partial charge on any atom is -0.353 e. The Balaban J connectivity index is 2.31. The number of nitrogens with two attached hydrogens (primary N) is 1. The fraction of sp³-hybridized carbons (Fsp3) is 0.588. The van der Waals surface area contributed by atoms with Crippen molar-refractivity contribution in [1.29, 1.82) is 0 Å². The smallest absolute Gasteiger partial charge is 0.220 e. The molecule has 0 radical (unpaired) electrons. The zero-order valence-electron chi connectivity index (χ0n) is 13.1. The van der Waals surface area contributed by atoms with Gasteiger partial charge in [0.15, 0.2) is 0 Å². The summed E-state index contributed by atoms with van der Waals surface area (Å²) in [7, 11) is 0. The average molecular weight is 311 g/mol. The van der Waals surface area contributed by atoms with Gasteiger partial charge in [-0.2, -0.15) is 0 Å². The Kier molecular flexibility index (Phi) is 8.40. The van der Waals surface area contributed by atoms with Crippen molar-refractivity contribution >= 4 is 17.5 Å². The van der Waals surface area contributed by atoms with E-state index in [1.807, 2.05) is 31.2 Å². The summed E-state index contributed by atoms with van der Waals surface area (Å²) < 4.78 is 0. The van der Waals surface area contributed by atoms with Crippen LogP contribution in [0.2, 0.25) is 5.02 Å². The molecule has 0 aliphatic rings. The van der Waals surface area contributed by atoms with E-state index in [9.17, 15) is 4.79 Å². The summed E-state index contributed by atoms with van der Waals surface area (Å²) in [5, 5.41) is 3.80. The van der Waals surface area contributed by atoms with Crippen LogP contribution < -0.4 is 11.1 Å². The number of halogens is 1. The summed E-state index contributed by atoms with van der Waals surface area (Å²) in [6, 6.07) is 7.89. The van der Waals surface area contributed by atoms with Gasteiger partial charge in [-0.15, -0.1) is 0 Å². The highest BCUT2D eigenvalue weighted by Gasteiger charge is 2.11. The van der Waals surface area contributed by atoms with Gasteiger partial charge in [0, 0.05) is 17.5 Å². The third kappa shape index (κ3) is 7.49. The van der Waals surface area contributed by atoms with Crippen LogP contribution in [0.25, 0.3) is 0 Å². The largest absolute Gasteiger partial charge is 0.353 e. The Morgan fingerprint density at radius 1 is 1.29 bits per heavy atom. The molecule has 118 valence electrons. The van der Waals surface area contributed by atoms with Crippen molar-refractivity contribution in [2.75, 3.05) is 6.54 Å². The number of carbonyl (C=O) groups excluding carboxylic acids is 1. The van der Waals surface area contributed by atoms with E-state index in [0.717, 1.165) is 30.7 Å². The van der Waals surface area contributed by atoms with Gasteiger partial charge in [-0.1, -0.05) is 37.1 Å². The van der Waals surface area contributed by atoms with Crippen LogP contribution in [0.3, 0.4) is 0 Å². The summed E-state index contributed by atoms with van der Waals surface area (Å²) >= 11 is 5.86. The molecule has 0 bridgehead atoms. The normalized spacial score (nSPS) is 13.7. The van der Waals surface area contributed by atoms with Gasteiger partial charge in [-0.05, 0) is 56.3 Å². The number of nitrogens with one attached hydrogen (secondary N) is 1. The Bertz CT molecular complexity index is 419. The molecule has 0 heterocycles. The third-order valence-corrected chi connectivity index (χ3v) is 4.05. The Morgan fingerprint density at radius 2 is 1.95 bits per heavy atom. The van der Waals surface area contributed by atoms with Gasteiger partial charge in [0.05, 0.1) is 0 Å². The number of hydrogen-bond donors (Lipinski definition) is 2. The number of rotatable bonds is 9. The Hall–Kier alpha value is -1.06. The second-order valence-corrected chi connectivity index (χ2v) is 6.13. The highest BCUT2D eigenvalue weighted by atomic mass is 35.5. The maximum Gasteiger partial charge on any atom is 0.220 e. The molecule has 2 unspecified atom stereocenters. The molecule has 0 aliphatic carbocycles. The summed E-state index contributed by atoms with van der Waals surface area (Å²) in [5.41, 5.74) is 6.76. The van der Waals surface area contributed by atoms with Crippen molar-refractivity contribution < 1.29 is 4.79 Å². The van der Waals surface area contributed by atoms with Gasteiger partial charge in [0.2, 0.25) is 5.91 Å². The fourth-order valence-electron chi connectivity index (χ4n) is 2.50. The van der Waals surface area contributed by atoms with Crippen molar-refractivity contribution in [2.45, 2.75) is 52.0 Å². The van der Waals surface area contributed by atoms with Crippen molar-refractivity contribution in [3.63, 3.8) is 0 Å². The SMILES string of the molecule is CCC(CCN)CCC(=O)NC(C)Cc1ccc(Cl)cc1. The monoisotopic (exact) mass is 310 g/mol. The highest BCUT2D eigenvalue weighted by Crippen LogP contribution is 2.15. The molecule has 1 amide bonds. The lowest BCUT2D eigenvalue weighted by Crippen LogP contribution is -2.34. The molecule has 0 saturated carbocycles. The van der Waals surface area contributed by atoms with Gasteiger partial charge in [-0.25, -0.2) is 0 Å². The maximum absolute atomic E-state index is 12.0. The van der Waals surface area contributed by atoms with Crippen LogP contribution in [0, 0.1) is 5.92 Å². The van der Waals surface area contributed by atoms with Crippen molar-refractivity contribution in [3.8, 4) is 0 Å². The Morgan fingerprint density at radius 3 is 2.52 bits per heavy atom. The quantitative estimate of drug-likeness (QED) is 0.733. The molecular weight excluding hydrogens is 284 g/mol. The summed E-state index contributed by atoms with van der Waals surface area (Å²) in [4.78, 5) is 12.0. The van der Waals surface area contributed by atoms with E-state index >= 15 is 0 Å². The van der Waals surface area contributed by atoms with Gasteiger partial charge < -0.3 is 11.1 Å². The van der Waals surface area contributed by atoms with Gasteiger partial charge in [-0.3, -0.25) is 4.79 Å². The van der Waals surface area contributed by atoms with Crippen LogP contribution in [0.1, 0.15) is 45.1 Å². The molecule has 0 fully saturated rings. The van der Waals surface area contributed by atoms with Crippen LogP contribution in [-0.2, 0) is 11.2 Å². The molecule has 0 saturated heterocycles. The summed E-state index contributed by atoms with van der Waals surface area (Å²) in [6.45, 7) is 4.89. The third-order valence-electron chi connectivity index (χ3n) is 3.79. The lowest BCUT2D eigenvalue weighted by Gasteiger charge is -2.16. The number of amides is 1. The predicted octanol–water partition coefficient (Wildman–Crippen LogP) is 3.54. The minimum absolute atomic E-state index is 0.131. The fourth-order valence-corrected chi connectivity index (χ4v) is 2.62. The highest BCUT2D eigenvalue weighted by molar-refractivity contribution is 6.30. The second-order valence-electron chi connectivity index (χ2n) is 5.69. The number of benzene rings is 1. The van der Waals surface area contributed by atoms with Crippen LogP contribution in [-0.4, -0.2) is 18.5 Å². The lowest BCUT2D eigenvalue weighted by atomic mass is 9.96. The first-order chi connectivity index (χ1) is 10.0. The van der Waals surface area contributed by atoms with E-state index in [1.165, 1.54) is 5.56 Å². The average Bonchev–Trinajstić information content (AvgIpc) is 2.45. The molecule has 1 aromatic carbocycles. The van der Waals surface area contributed by atoms with E-state index in [4.69, 9.17) is 17.3 Å². The van der Waals surface area contributed by atoms with Crippen molar-refractivity contribution in [2.24, 2.45) is 11.7 Å². The predicted molar refractivity (Wildman–Crippen MR) is 89.4 cm³/mol. The van der Waals surface area contributed by atoms with E-state index in [-0.39, 0.29) is 11.9 Å². The van der Waals surface area contributed by atoms with E-state index < -0.39 is 0 Å². The summed E-state index contributed by atoms with van der Waals surface area (Å²) in [5.74, 6) is 0.694. The number of hydrogen-bond acceptors (Lipinski definition) is 2. The zero-order valence-corrected chi connectivity index (χ0v) is 13.8. The Labute approximate surface area is 133 Å². The zero-order chi connectivity index (χ0) is 15.7. The second kappa shape index (κ2) is 9.80. The lowest BCUT2D eigenvalue weighted by molar-refractivity contribution is -0.122. The first kappa shape index (κ1) is 18.0. The molecule has 4 heteroatoms. The van der Waals surface area contributed by atoms with Gasteiger partial charge in [0.1, 0.15) is 0 Å². The molecular formula is C17H27ClN2O. The van der Waals surface area contributed by atoms with Gasteiger partial charge in [0.25, 0.3) is 0 Å². The molecule has 21 heavy (non-hydrogen) atoms. The number of carbonyl (C=O) groups is 1. The topological polar surface area (TPSA) is 55.1 Å². The summed E-state index contributed by atoms with van der Waals surface area (Å²) in [6.07, 6.45) is 4.43. The first-order valence-corrected chi connectivity index (χ1v) is 8.16. The van der Waals surface area contributed by atoms with Crippen molar-refractivity contribution in [3.05, 3.63) is 34.9 Å². The molecule has 0 aliphatic heterocycles. The van der Waals surface area contributed by atoms with Crippen LogP contribution >= 0.6 is 11.6 Å². The van der Waals surface area contributed by atoms with Crippen LogP contribution in [0.15, 0.2) is 24.3 Å². The molecule has 1 rings (SSSR count). The van der Waals surface area contributed by atoms with Crippen molar-refractivity contribution in [1.82, 2.24) is 5.32 Å². The molecule has 1 aromatic rings. The van der Waals surface area contributed by atoms with E-state index in [0.29, 0.717) is 18.9 Å². The molecule has 3 nitrogen and oxygen atoms in total. The molecule has 3 N–H and O–H groups in total. The molecule has 0 aromatic heterocycles. The minimum atomic E-state index is 0.131. The van der Waals surface area contributed by atoms with Crippen LogP contribution in [0.5, 0.6) is 0 Å². The molecule has 2 atom stereocenters. The van der Waals surface area contributed by atoms with Gasteiger partial charge >= 0.3 is 0 Å². The maximum atomic E-state index is 12.0. The first-order valence-electron chi connectivity index (χ1n) is 7.79. The van der Waals surface area contributed by atoms with Crippen LogP contribution in [0.4, 0.5) is 0 Å². The van der Waals surface area contributed by atoms with E-state index in [1.54, 1.807) is 0 Å². The standard InChI is InChI=1S/C17H27ClN2O/c1-3-14(10-11-19)6-9-17(21)20-13(2)12-15-4-7-16(18)8-5-15/h4-5,7-8,13-14H,3,6,9-12,19H2,1-2H3,(H,20,21).